The van der Waals surface area contributed by atoms with Crippen LogP contribution in [0.15, 0.2) is 42.5 Å². The minimum absolute atomic E-state index is 0.155. The van der Waals surface area contributed by atoms with Gasteiger partial charge in [0.05, 0.1) is 19.1 Å². The number of anilines is 2. The van der Waals surface area contributed by atoms with Crippen LogP contribution in [0.1, 0.15) is 24.3 Å². The number of aliphatic carboxylic acids is 1. The molecule has 0 aromatic heterocycles. The molecule has 1 saturated heterocycles. The van der Waals surface area contributed by atoms with E-state index in [1.807, 2.05) is 0 Å². The number of nitrogens with one attached hydrogen (secondary N) is 2. The molecule has 2 amide bonds. The lowest BCUT2D eigenvalue weighted by Crippen LogP contribution is -2.46. The zero-order chi connectivity index (χ0) is 21.3. The van der Waals surface area contributed by atoms with Crippen molar-refractivity contribution in [3.63, 3.8) is 0 Å². The summed E-state index contributed by atoms with van der Waals surface area (Å²) in [5.74, 6) is -0.903. The molecule has 1 fully saturated rings. The van der Waals surface area contributed by atoms with Crippen LogP contribution in [0.4, 0.5) is 20.6 Å². The molecular formula is C21H21FN2O6. The predicted octanol–water partition coefficient (Wildman–Crippen LogP) is 2.94. The Labute approximate surface area is 171 Å². The number of ether oxygens (including phenoxy) is 2. The van der Waals surface area contributed by atoms with E-state index in [9.17, 15) is 19.1 Å². The maximum Gasteiger partial charge on any atom is 0.323 e. The van der Waals surface area contributed by atoms with E-state index in [1.165, 1.54) is 24.3 Å². The van der Waals surface area contributed by atoms with Gasteiger partial charge < -0.3 is 30.3 Å². The molecule has 0 saturated carbocycles. The average Bonchev–Trinajstić information content (AvgIpc) is 3.06. The van der Waals surface area contributed by atoms with Gasteiger partial charge in [0.1, 0.15) is 23.8 Å². The minimum Gasteiger partial charge on any atom is -0.487 e. The molecule has 2 aliphatic heterocycles. The molecule has 0 aliphatic carbocycles. The Morgan fingerprint density at radius 3 is 2.50 bits per heavy atom. The first kappa shape index (κ1) is 20.1. The average molecular weight is 416 g/mol. The van der Waals surface area contributed by atoms with Crippen LogP contribution in [0.25, 0.3) is 0 Å². The fraction of sp³-hybridized carbons (Fsp3) is 0.333. The van der Waals surface area contributed by atoms with Crippen molar-refractivity contribution in [1.82, 2.24) is 0 Å². The molecule has 158 valence electrons. The molecule has 0 spiro atoms. The lowest BCUT2D eigenvalue weighted by molar-refractivity contribution is -0.153. The molecule has 4 rings (SSSR count). The fourth-order valence-electron chi connectivity index (χ4n) is 3.99. The number of benzene rings is 2. The molecule has 2 aliphatic rings. The van der Waals surface area contributed by atoms with Crippen LogP contribution >= 0.6 is 0 Å². The van der Waals surface area contributed by atoms with Crippen molar-refractivity contribution < 1.29 is 33.7 Å². The van der Waals surface area contributed by atoms with Crippen LogP contribution < -0.4 is 15.4 Å². The normalized spacial score (nSPS) is 24.3. The molecular weight excluding hydrogens is 395 g/mol. The highest BCUT2D eigenvalue weighted by Gasteiger charge is 2.46. The Bertz CT molecular complexity index is 951. The van der Waals surface area contributed by atoms with Gasteiger partial charge in [0, 0.05) is 22.9 Å². The largest absolute Gasteiger partial charge is 0.487 e. The van der Waals surface area contributed by atoms with Crippen LogP contribution in [-0.4, -0.2) is 47.1 Å². The predicted molar refractivity (Wildman–Crippen MR) is 105 cm³/mol. The highest BCUT2D eigenvalue weighted by Crippen LogP contribution is 2.47. The maximum atomic E-state index is 13.0. The minimum atomic E-state index is -0.970. The number of urea groups is 1. The van der Waals surface area contributed by atoms with E-state index in [0.717, 1.165) is 5.56 Å². The van der Waals surface area contributed by atoms with E-state index in [0.29, 0.717) is 23.5 Å². The van der Waals surface area contributed by atoms with Crippen molar-refractivity contribution in [1.29, 1.82) is 0 Å². The van der Waals surface area contributed by atoms with Gasteiger partial charge in [-0.25, -0.2) is 9.18 Å². The van der Waals surface area contributed by atoms with Gasteiger partial charge in [0.2, 0.25) is 0 Å². The number of carboxylic acid groups (broad SMARTS) is 1. The van der Waals surface area contributed by atoms with Crippen molar-refractivity contribution in [2.75, 3.05) is 17.2 Å². The van der Waals surface area contributed by atoms with Gasteiger partial charge in [-0.2, -0.15) is 0 Å². The van der Waals surface area contributed by atoms with Crippen LogP contribution in [0.5, 0.6) is 5.75 Å². The Balaban J connectivity index is 1.49. The van der Waals surface area contributed by atoms with Crippen molar-refractivity contribution in [3.05, 3.63) is 53.8 Å². The summed E-state index contributed by atoms with van der Waals surface area (Å²) in [5.41, 5.74) is 1.81. The van der Waals surface area contributed by atoms with E-state index >= 15 is 0 Å². The smallest absolute Gasteiger partial charge is 0.323 e. The zero-order valence-electron chi connectivity index (χ0n) is 15.9. The standard InChI is InChI=1S/C21H21FN2O6/c22-11-1-3-12(4-2-11)23-21(28)24-13-5-6-17-15(7-13)16-8-14(9-19(26)27)29-18(10-25)20(16)30-17/h1-7,14,16,18,20,25H,8-10H2,(H,26,27)(H2,23,24,28)/t14-,16+,18-,20-/m1/s1. The van der Waals surface area contributed by atoms with Crippen molar-refractivity contribution in [2.24, 2.45) is 0 Å². The number of carboxylic acids is 1. The van der Waals surface area contributed by atoms with E-state index in [-0.39, 0.29) is 18.9 Å². The van der Waals surface area contributed by atoms with Crippen LogP contribution in [0.2, 0.25) is 0 Å². The summed E-state index contributed by atoms with van der Waals surface area (Å²) < 4.78 is 24.6. The number of rotatable bonds is 5. The zero-order valence-corrected chi connectivity index (χ0v) is 15.9. The number of aliphatic hydroxyl groups excluding tert-OH is 1. The molecule has 4 N–H and O–H groups in total. The van der Waals surface area contributed by atoms with Gasteiger partial charge in [0.25, 0.3) is 0 Å². The maximum absolute atomic E-state index is 13.0. The van der Waals surface area contributed by atoms with Gasteiger partial charge in [-0.15, -0.1) is 0 Å². The number of fused-ring (bicyclic) bond motifs is 3. The topological polar surface area (TPSA) is 117 Å². The van der Waals surface area contributed by atoms with Gasteiger partial charge in [-0.1, -0.05) is 0 Å². The molecule has 2 aromatic rings. The lowest BCUT2D eigenvalue weighted by atomic mass is 9.84. The van der Waals surface area contributed by atoms with E-state index in [4.69, 9.17) is 14.6 Å². The Kier molecular flexibility index (Phi) is 5.56. The van der Waals surface area contributed by atoms with Crippen molar-refractivity contribution >= 4 is 23.4 Å². The van der Waals surface area contributed by atoms with Gasteiger partial charge in [0.15, 0.2) is 0 Å². The number of halogens is 1. The van der Waals surface area contributed by atoms with Gasteiger partial charge >= 0.3 is 12.0 Å². The van der Waals surface area contributed by atoms with Gasteiger partial charge in [-0.05, 0) is 48.9 Å². The molecule has 0 bridgehead atoms. The molecule has 2 aromatic carbocycles. The number of carbonyl (C=O) groups is 2. The third-order valence-electron chi connectivity index (χ3n) is 5.26. The second kappa shape index (κ2) is 8.29. The molecule has 0 unspecified atom stereocenters. The first-order chi connectivity index (χ1) is 14.4. The van der Waals surface area contributed by atoms with E-state index in [1.54, 1.807) is 18.2 Å². The number of hydrogen-bond donors (Lipinski definition) is 4. The lowest BCUT2D eigenvalue weighted by Gasteiger charge is -2.36. The highest BCUT2D eigenvalue weighted by atomic mass is 19.1. The number of amides is 2. The summed E-state index contributed by atoms with van der Waals surface area (Å²) in [5, 5.41) is 24.1. The molecule has 0 radical (unpaired) electrons. The summed E-state index contributed by atoms with van der Waals surface area (Å²) in [7, 11) is 0. The molecule has 2 heterocycles. The van der Waals surface area contributed by atoms with Gasteiger partial charge in [-0.3, -0.25) is 4.79 Å². The quantitative estimate of drug-likeness (QED) is 0.595. The Morgan fingerprint density at radius 1 is 1.10 bits per heavy atom. The molecule has 9 heteroatoms. The van der Waals surface area contributed by atoms with Crippen molar-refractivity contribution in [3.8, 4) is 5.75 Å². The fourth-order valence-corrected chi connectivity index (χ4v) is 3.99. The van der Waals surface area contributed by atoms with Crippen LogP contribution in [-0.2, 0) is 9.53 Å². The Hall–Kier alpha value is -3.17. The summed E-state index contributed by atoms with van der Waals surface area (Å²) in [4.78, 5) is 23.4. The third kappa shape index (κ3) is 4.22. The Morgan fingerprint density at radius 2 is 1.80 bits per heavy atom. The molecule has 30 heavy (non-hydrogen) atoms. The highest BCUT2D eigenvalue weighted by molar-refractivity contribution is 5.99. The number of aliphatic hydroxyl groups is 1. The van der Waals surface area contributed by atoms with E-state index < -0.39 is 36.1 Å². The summed E-state index contributed by atoms with van der Waals surface area (Å²) in [6.45, 7) is -0.281. The number of hydrogen-bond acceptors (Lipinski definition) is 5. The second-order valence-corrected chi connectivity index (χ2v) is 7.34. The first-order valence-electron chi connectivity index (χ1n) is 9.55. The SMILES string of the molecule is O=C(O)C[C@H]1C[C@H]2c3cc(NC(=O)Nc4ccc(F)cc4)ccc3O[C@H]2[C@@H](CO)O1. The second-order valence-electron chi connectivity index (χ2n) is 7.34. The van der Waals surface area contributed by atoms with Crippen LogP contribution in [0.3, 0.4) is 0 Å². The van der Waals surface area contributed by atoms with E-state index in [2.05, 4.69) is 10.6 Å². The molecule has 4 atom stereocenters. The number of carbonyl (C=O) groups excluding carboxylic acids is 1. The first-order valence-corrected chi connectivity index (χ1v) is 9.55. The summed E-state index contributed by atoms with van der Waals surface area (Å²) >= 11 is 0. The molecule has 8 nitrogen and oxygen atoms in total. The third-order valence-corrected chi connectivity index (χ3v) is 5.26. The monoisotopic (exact) mass is 416 g/mol. The van der Waals surface area contributed by atoms with Crippen LogP contribution in [0, 0.1) is 5.82 Å². The van der Waals surface area contributed by atoms with Crippen molar-refractivity contribution in [2.45, 2.75) is 37.1 Å². The summed E-state index contributed by atoms with van der Waals surface area (Å²) in [6.07, 6.45) is -1.30. The summed E-state index contributed by atoms with van der Waals surface area (Å²) in [6, 6.07) is 10.1.